The minimum absolute atomic E-state index is 0.0504. The number of ether oxygens (including phenoxy) is 1. The van der Waals surface area contributed by atoms with Crippen molar-refractivity contribution >= 4 is 18.0 Å². The number of nitrogens with one attached hydrogen (secondary N) is 2. The summed E-state index contributed by atoms with van der Waals surface area (Å²) < 4.78 is 4.96. The molecule has 2 atom stereocenters. The van der Waals surface area contributed by atoms with Crippen LogP contribution in [0.3, 0.4) is 0 Å². The highest BCUT2D eigenvalue weighted by Gasteiger charge is 2.24. The van der Waals surface area contributed by atoms with Crippen molar-refractivity contribution in [1.29, 1.82) is 0 Å². The van der Waals surface area contributed by atoms with Gasteiger partial charge in [-0.2, -0.15) is 5.48 Å². The van der Waals surface area contributed by atoms with Crippen molar-refractivity contribution in [3.8, 4) is 0 Å². The average Bonchev–Trinajstić information content (AvgIpc) is 2.71. The summed E-state index contributed by atoms with van der Waals surface area (Å²) in [7, 11) is 0. The van der Waals surface area contributed by atoms with E-state index in [1.165, 1.54) is 6.92 Å². The predicted octanol–water partition coefficient (Wildman–Crippen LogP) is 2.04. The fourth-order valence-electron chi connectivity index (χ4n) is 2.28. The van der Waals surface area contributed by atoms with Crippen LogP contribution >= 0.6 is 0 Å². The van der Waals surface area contributed by atoms with Crippen molar-refractivity contribution in [2.24, 2.45) is 0 Å². The Morgan fingerprint density at radius 1 is 0.964 bits per heavy atom. The zero-order chi connectivity index (χ0) is 20.4. The second-order valence-electron chi connectivity index (χ2n) is 6.01. The maximum Gasteiger partial charge on any atom is 0.431 e. The highest BCUT2D eigenvalue weighted by molar-refractivity contribution is 5.86. The molecule has 148 valence electrons. The van der Waals surface area contributed by atoms with E-state index in [0.29, 0.717) is 0 Å². The lowest BCUT2D eigenvalue weighted by Crippen LogP contribution is -2.48. The second kappa shape index (κ2) is 10.7. The molecule has 0 unspecified atom stereocenters. The average molecular weight is 386 g/mol. The van der Waals surface area contributed by atoms with Gasteiger partial charge in [-0.25, -0.2) is 9.59 Å². The third-order valence-electron chi connectivity index (χ3n) is 3.80. The summed E-state index contributed by atoms with van der Waals surface area (Å²) >= 11 is 0. The molecule has 0 fully saturated rings. The third kappa shape index (κ3) is 7.08. The Labute approximate surface area is 162 Å². The van der Waals surface area contributed by atoms with E-state index in [-0.39, 0.29) is 13.0 Å². The van der Waals surface area contributed by atoms with Crippen LogP contribution in [0.15, 0.2) is 60.7 Å². The number of benzene rings is 2. The zero-order valence-corrected chi connectivity index (χ0v) is 15.3. The predicted molar refractivity (Wildman–Crippen MR) is 100 cm³/mol. The fraction of sp³-hybridized carbons (Fsp3) is 0.250. The first-order chi connectivity index (χ1) is 13.5. The molecule has 0 spiro atoms. The molecule has 0 aliphatic rings. The van der Waals surface area contributed by atoms with Crippen LogP contribution in [-0.2, 0) is 32.2 Å². The Balaban J connectivity index is 1.77. The molecule has 2 aromatic carbocycles. The van der Waals surface area contributed by atoms with E-state index >= 15 is 0 Å². The highest BCUT2D eigenvalue weighted by atomic mass is 16.7. The van der Waals surface area contributed by atoms with Gasteiger partial charge in [-0.1, -0.05) is 60.7 Å². The molecule has 0 radical (unpaired) electrons. The van der Waals surface area contributed by atoms with Crippen LogP contribution in [0.5, 0.6) is 0 Å². The molecule has 8 nitrogen and oxygen atoms in total. The number of carbonyl (C=O) groups excluding carboxylic acids is 2. The maximum atomic E-state index is 12.1. The van der Waals surface area contributed by atoms with E-state index in [2.05, 4.69) is 5.32 Å². The highest BCUT2D eigenvalue weighted by Crippen LogP contribution is 2.04. The van der Waals surface area contributed by atoms with Crippen molar-refractivity contribution < 1.29 is 29.1 Å². The summed E-state index contributed by atoms with van der Waals surface area (Å²) in [5, 5.41) is 11.7. The van der Waals surface area contributed by atoms with Crippen molar-refractivity contribution in [1.82, 2.24) is 10.8 Å². The Kier molecular flexibility index (Phi) is 7.98. The number of hydrogen-bond acceptors (Lipinski definition) is 5. The second-order valence-corrected chi connectivity index (χ2v) is 6.01. The van der Waals surface area contributed by atoms with Gasteiger partial charge in [0.25, 0.3) is 5.91 Å². The lowest BCUT2D eigenvalue weighted by atomic mass is 10.1. The van der Waals surface area contributed by atoms with Crippen molar-refractivity contribution in [3.63, 3.8) is 0 Å². The quantitative estimate of drug-likeness (QED) is 0.569. The van der Waals surface area contributed by atoms with Gasteiger partial charge in [0.1, 0.15) is 12.6 Å². The number of aliphatic carboxylic acids is 1. The molecule has 8 heteroatoms. The summed E-state index contributed by atoms with van der Waals surface area (Å²) in [4.78, 5) is 40.1. The van der Waals surface area contributed by atoms with Gasteiger partial charge in [-0.15, -0.1) is 0 Å². The number of carboxylic acids is 1. The van der Waals surface area contributed by atoms with Gasteiger partial charge >= 0.3 is 12.1 Å². The van der Waals surface area contributed by atoms with Crippen molar-refractivity contribution in [2.75, 3.05) is 0 Å². The third-order valence-corrected chi connectivity index (χ3v) is 3.80. The van der Waals surface area contributed by atoms with Gasteiger partial charge in [-0.3, -0.25) is 9.63 Å². The maximum absolute atomic E-state index is 12.1. The number of carbonyl (C=O) groups is 3. The summed E-state index contributed by atoms with van der Waals surface area (Å²) in [6.45, 7) is 1.43. The smallest absolute Gasteiger partial charge is 0.431 e. The largest absolute Gasteiger partial charge is 0.480 e. The van der Waals surface area contributed by atoms with E-state index < -0.39 is 30.1 Å². The monoisotopic (exact) mass is 386 g/mol. The number of rotatable bonds is 9. The molecule has 2 rings (SSSR count). The van der Waals surface area contributed by atoms with Gasteiger partial charge < -0.3 is 15.2 Å². The molecule has 2 aromatic rings. The summed E-state index contributed by atoms with van der Waals surface area (Å²) in [6, 6.07) is 16.9. The van der Waals surface area contributed by atoms with Gasteiger partial charge in [-0.05, 0) is 18.1 Å². The first kappa shape index (κ1) is 20.9. The van der Waals surface area contributed by atoms with E-state index in [9.17, 15) is 19.5 Å². The van der Waals surface area contributed by atoms with Crippen LogP contribution < -0.4 is 10.8 Å². The van der Waals surface area contributed by atoms with Gasteiger partial charge in [0, 0.05) is 6.42 Å². The molecule has 0 heterocycles. The number of hydrogen-bond donors (Lipinski definition) is 3. The van der Waals surface area contributed by atoms with Gasteiger partial charge in [0.2, 0.25) is 0 Å². The number of carboxylic acid groups (broad SMARTS) is 1. The van der Waals surface area contributed by atoms with Gasteiger partial charge in [0.05, 0.1) is 0 Å². The van der Waals surface area contributed by atoms with E-state index in [1.807, 2.05) is 29.7 Å². The molecule has 0 bridgehead atoms. The summed E-state index contributed by atoms with van der Waals surface area (Å²) in [6.07, 6.45) is -1.84. The van der Waals surface area contributed by atoms with Crippen LogP contribution in [0.4, 0.5) is 4.79 Å². The Morgan fingerprint density at radius 3 is 2.11 bits per heavy atom. The van der Waals surface area contributed by atoms with E-state index in [4.69, 9.17) is 9.57 Å². The van der Waals surface area contributed by atoms with Crippen LogP contribution in [-0.4, -0.2) is 35.2 Å². The van der Waals surface area contributed by atoms with Crippen LogP contribution in [0.1, 0.15) is 18.1 Å². The summed E-state index contributed by atoms with van der Waals surface area (Å²) in [5.74, 6) is -1.84. The fourth-order valence-corrected chi connectivity index (χ4v) is 2.28. The van der Waals surface area contributed by atoms with E-state index in [0.717, 1.165) is 11.1 Å². The molecule has 0 aliphatic heterocycles. The van der Waals surface area contributed by atoms with E-state index in [1.54, 1.807) is 36.4 Å². The van der Waals surface area contributed by atoms with Crippen LogP contribution in [0.25, 0.3) is 0 Å². The molecule has 2 amide bonds. The topological polar surface area (TPSA) is 114 Å². The molecule has 0 aromatic heterocycles. The lowest BCUT2D eigenvalue weighted by Gasteiger charge is -2.18. The van der Waals surface area contributed by atoms with Crippen LogP contribution in [0, 0.1) is 0 Å². The molecular formula is C20H22N2O6. The Hall–Kier alpha value is -3.39. The Bertz CT molecular complexity index is 782. The van der Waals surface area contributed by atoms with Crippen LogP contribution in [0.2, 0.25) is 0 Å². The number of hydroxylamine groups is 1. The first-order valence-electron chi connectivity index (χ1n) is 8.65. The number of amides is 2. The molecule has 0 saturated carbocycles. The van der Waals surface area contributed by atoms with Gasteiger partial charge in [0.15, 0.2) is 6.10 Å². The SMILES string of the molecule is C[C@@H](ONC(=O)OCc1ccccc1)C(=O)N[C@@H](Cc1ccccc1)C(=O)O. The minimum atomic E-state index is -1.17. The zero-order valence-electron chi connectivity index (χ0n) is 15.3. The molecule has 3 N–H and O–H groups in total. The van der Waals surface area contributed by atoms with Crippen molar-refractivity contribution in [3.05, 3.63) is 71.8 Å². The first-order valence-corrected chi connectivity index (χ1v) is 8.65. The molecular weight excluding hydrogens is 364 g/mol. The molecule has 0 saturated heterocycles. The van der Waals surface area contributed by atoms with Crippen molar-refractivity contribution in [2.45, 2.75) is 32.1 Å². The summed E-state index contributed by atoms with van der Waals surface area (Å²) in [5.41, 5.74) is 3.59. The normalized spacial score (nSPS) is 12.5. The minimum Gasteiger partial charge on any atom is -0.480 e. The standard InChI is InChI=1S/C20H22N2O6/c1-14(28-22-20(26)27-13-16-10-6-3-7-11-16)18(23)21-17(19(24)25)12-15-8-4-2-5-9-15/h2-11,14,17H,12-13H2,1H3,(H,21,23)(H,22,26)(H,24,25)/t14-,17+/m1/s1. The molecule has 0 aliphatic carbocycles. The molecule has 28 heavy (non-hydrogen) atoms. The Morgan fingerprint density at radius 2 is 1.54 bits per heavy atom. The lowest BCUT2D eigenvalue weighted by molar-refractivity contribution is -0.145.